The van der Waals surface area contributed by atoms with E-state index in [0.717, 1.165) is 19.3 Å². The number of aryl methyl sites for hydroxylation is 1. The van der Waals surface area contributed by atoms with Crippen molar-refractivity contribution in [1.29, 1.82) is 0 Å². The third-order valence-electron chi connectivity index (χ3n) is 7.05. The molecule has 0 unspecified atom stereocenters. The molecule has 2 saturated carbocycles. The summed E-state index contributed by atoms with van der Waals surface area (Å²) in [6, 6.07) is -0.283. The molecule has 6 nitrogen and oxygen atoms in total. The molecule has 2 aromatic rings. The summed E-state index contributed by atoms with van der Waals surface area (Å²) in [5, 5.41) is 0.0672. The third-order valence-corrected chi connectivity index (χ3v) is 7.05. The van der Waals surface area contributed by atoms with Gasteiger partial charge in [-0.25, -0.2) is 8.78 Å². The minimum atomic E-state index is -0.998. The molecule has 162 valence electrons. The lowest BCUT2D eigenvalue weighted by atomic mass is 9.96. The van der Waals surface area contributed by atoms with Crippen molar-refractivity contribution in [2.75, 3.05) is 30.8 Å². The normalized spacial score (nSPS) is 27.0. The van der Waals surface area contributed by atoms with Gasteiger partial charge in [-0.2, -0.15) is 0 Å². The van der Waals surface area contributed by atoms with Crippen LogP contribution in [0, 0.1) is 24.6 Å². The zero-order valence-corrected chi connectivity index (χ0v) is 17.3. The number of anilines is 2. The van der Waals surface area contributed by atoms with Crippen molar-refractivity contribution in [3.05, 3.63) is 27.8 Å². The molecule has 4 atom stereocenters. The highest BCUT2D eigenvalue weighted by Gasteiger charge is 2.42. The van der Waals surface area contributed by atoms with Gasteiger partial charge in [0.05, 0.1) is 29.7 Å². The fourth-order valence-electron chi connectivity index (χ4n) is 5.04. The second-order valence-electron chi connectivity index (χ2n) is 9.11. The van der Waals surface area contributed by atoms with Crippen LogP contribution in [-0.4, -0.2) is 37.0 Å². The molecule has 1 aromatic carbocycles. The number of halogens is 2. The SMILES string of the molecule is COc1c(N2CC[C@@H]([C@@H](N)C3CC3)C2)c(F)c(N)c2c(=O)c(C)cn([C@@H]3C[C@@H]3F)c12. The Morgan fingerprint density at radius 1 is 1.27 bits per heavy atom. The lowest BCUT2D eigenvalue weighted by Gasteiger charge is -2.26. The number of fused-ring (bicyclic) bond motifs is 1. The van der Waals surface area contributed by atoms with Crippen LogP contribution in [0.4, 0.5) is 20.2 Å². The maximum Gasteiger partial charge on any atom is 0.194 e. The van der Waals surface area contributed by atoms with Gasteiger partial charge in [0.15, 0.2) is 17.0 Å². The minimum Gasteiger partial charge on any atom is -0.492 e. The predicted molar refractivity (Wildman–Crippen MR) is 113 cm³/mol. The van der Waals surface area contributed by atoms with Crippen LogP contribution in [0.3, 0.4) is 0 Å². The molecule has 3 aliphatic rings. The zero-order chi connectivity index (χ0) is 21.3. The van der Waals surface area contributed by atoms with Crippen LogP contribution in [0.15, 0.2) is 11.0 Å². The largest absolute Gasteiger partial charge is 0.492 e. The molecule has 1 aromatic heterocycles. The van der Waals surface area contributed by atoms with E-state index in [1.165, 1.54) is 7.11 Å². The number of benzene rings is 1. The van der Waals surface area contributed by atoms with Crippen molar-refractivity contribution in [1.82, 2.24) is 4.57 Å². The molecule has 2 aliphatic carbocycles. The molecule has 30 heavy (non-hydrogen) atoms. The molecule has 5 rings (SSSR count). The Bertz CT molecular complexity index is 1080. The molecular formula is C22H28F2N4O2. The lowest BCUT2D eigenvalue weighted by Crippen LogP contribution is -2.34. The highest BCUT2D eigenvalue weighted by molar-refractivity contribution is 6.00. The summed E-state index contributed by atoms with van der Waals surface area (Å²) < 4.78 is 36.9. The van der Waals surface area contributed by atoms with Crippen LogP contribution in [0.25, 0.3) is 10.9 Å². The molecule has 0 spiro atoms. The average molecular weight is 418 g/mol. The number of aromatic nitrogens is 1. The standard InChI is InChI=1S/C22H28F2N4O2/c1-10-8-28(14-7-13(14)23)19-15(21(10)29)18(26)16(24)20(22(19)30-2)27-6-5-12(9-27)17(25)11-3-4-11/h8,11-14,17H,3-7,9,25-26H2,1-2H3/t12-,13+,14-,17+/m1/s1. The van der Waals surface area contributed by atoms with Crippen LogP contribution in [0.1, 0.15) is 37.3 Å². The van der Waals surface area contributed by atoms with Crippen molar-refractivity contribution in [2.24, 2.45) is 17.6 Å². The summed E-state index contributed by atoms with van der Waals surface area (Å²) in [5.41, 5.74) is 13.1. The Morgan fingerprint density at radius 2 is 1.97 bits per heavy atom. The van der Waals surface area contributed by atoms with Gasteiger partial charge in [-0.05, 0) is 38.0 Å². The first-order valence-electron chi connectivity index (χ1n) is 10.7. The molecule has 3 fully saturated rings. The Labute approximate surface area is 173 Å². The van der Waals surface area contributed by atoms with E-state index in [-0.39, 0.29) is 39.9 Å². The summed E-state index contributed by atoms with van der Waals surface area (Å²) in [4.78, 5) is 14.8. The van der Waals surface area contributed by atoms with Crippen molar-refractivity contribution >= 4 is 22.3 Å². The summed E-state index contributed by atoms with van der Waals surface area (Å²) >= 11 is 0. The number of hydrogen-bond donors (Lipinski definition) is 2. The molecular weight excluding hydrogens is 390 g/mol. The molecule has 1 saturated heterocycles. The first kappa shape index (κ1) is 19.6. The van der Waals surface area contributed by atoms with Gasteiger partial charge in [0.1, 0.15) is 11.9 Å². The quantitative estimate of drug-likeness (QED) is 0.730. The van der Waals surface area contributed by atoms with Crippen LogP contribution in [0.5, 0.6) is 5.75 Å². The van der Waals surface area contributed by atoms with Gasteiger partial charge in [-0.15, -0.1) is 0 Å². The Kier molecular flexibility index (Phi) is 4.47. The van der Waals surface area contributed by atoms with Crippen molar-refractivity contribution in [3.8, 4) is 5.75 Å². The second-order valence-corrected chi connectivity index (χ2v) is 9.11. The van der Waals surface area contributed by atoms with Crippen LogP contribution >= 0.6 is 0 Å². The second kappa shape index (κ2) is 6.83. The van der Waals surface area contributed by atoms with E-state index < -0.39 is 18.0 Å². The van der Waals surface area contributed by atoms with Gasteiger partial charge in [0.25, 0.3) is 0 Å². The average Bonchev–Trinajstić information content (AvgIpc) is 3.64. The minimum absolute atomic E-state index is 0.0672. The van der Waals surface area contributed by atoms with Gasteiger partial charge in [0, 0.05) is 37.3 Å². The van der Waals surface area contributed by atoms with E-state index in [2.05, 4.69) is 0 Å². The maximum absolute atomic E-state index is 15.6. The monoisotopic (exact) mass is 418 g/mol. The number of ether oxygens (including phenoxy) is 1. The fraction of sp³-hybridized carbons (Fsp3) is 0.591. The summed E-state index contributed by atoms with van der Waals surface area (Å²) in [6.07, 6.45) is 4.19. The molecule has 0 bridgehead atoms. The number of alkyl halides is 1. The maximum atomic E-state index is 15.6. The molecule has 0 radical (unpaired) electrons. The Morgan fingerprint density at radius 3 is 2.57 bits per heavy atom. The molecule has 2 heterocycles. The van der Waals surface area contributed by atoms with Gasteiger partial charge in [-0.3, -0.25) is 4.79 Å². The van der Waals surface area contributed by atoms with Crippen molar-refractivity contribution < 1.29 is 13.5 Å². The number of hydrogen-bond acceptors (Lipinski definition) is 5. The van der Waals surface area contributed by atoms with E-state index in [9.17, 15) is 9.18 Å². The summed E-state index contributed by atoms with van der Waals surface area (Å²) in [7, 11) is 1.45. The topological polar surface area (TPSA) is 86.5 Å². The van der Waals surface area contributed by atoms with Gasteiger partial charge < -0.3 is 25.7 Å². The fourth-order valence-corrected chi connectivity index (χ4v) is 5.04. The van der Waals surface area contributed by atoms with Crippen molar-refractivity contribution in [3.63, 3.8) is 0 Å². The zero-order valence-electron chi connectivity index (χ0n) is 17.3. The van der Waals surface area contributed by atoms with Crippen LogP contribution in [-0.2, 0) is 0 Å². The highest BCUT2D eigenvalue weighted by Crippen LogP contribution is 2.48. The number of nitrogens with zero attached hydrogens (tertiary/aromatic N) is 2. The number of nitrogen functional groups attached to an aromatic ring is 1. The molecule has 1 aliphatic heterocycles. The van der Waals surface area contributed by atoms with E-state index in [4.69, 9.17) is 16.2 Å². The Balaban J connectivity index is 1.68. The van der Waals surface area contributed by atoms with E-state index in [0.29, 0.717) is 36.5 Å². The number of methoxy groups -OCH3 is 1. The first-order chi connectivity index (χ1) is 14.3. The Hall–Kier alpha value is -2.35. The molecule has 4 N–H and O–H groups in total. The van der Waals surface area contributed by atoms with Crippen molar-refractivity contribution in [2.45, 2.75) is 50.9 Å². The smallest absolute Gasteiger partial charge is 0.194 e. The van der Waals surface area contributed by atoms with Crippen LogP contribution in [0.2, 0.25) is 0 Å². The first-order valence-corrected chi connectivity index (χ1v) is 10.7. The summed E-state index contributed by atoms with van der Waals surface area (Å²) in [5.74, 6) is 0.431. The van der Waals surface area contributed by atoms with Gasteiger partial charge >= 0.3 is 0 Å². The predicted octanol–water partition coefficient (Wildman–Crippen LogP) is 2.89. The molecule has 8 heteroatoms. The lowest BCUT2D eigenvalue weighted by molar-refractivity contribution is 0.407. The van der Waals surface area contributed by atoms with Gasteiger partial charge in [0.2, 0.25) is 0 Å². The van der Waals surface area contributed by atoms with Crippen LogP contribution < -0.4 is 26.5 Å². The third kappa shape index (κ3) is 2.87. The van der Waals surface area contributed by atoms with E-state index in [1.807, 2.05) is 4.90 Å². The number of nitrogens with two attached hydrogens (primary N) is 2. The van der Waals surface area contributed by atoms with E-state index in [1.54, 1.807) is 17.7 Å². The number of pyridine rings is 1. The molecule has 0 amide bonds. The van der Waals surface area contributed by atoms with E-state index >= 15 is 4.39 Å². The van der Waals surface area contributed by atoms with Gasteiger partial charge in [-0.1, -0.05) is 0 Å². The summed E-state index contributed by atoms with van der Waals surface area (Å²) in [6.45, 7) is 2.88. The highest BCUT2D eigenvalue weighted by atomic mass is 19.1. The number of rotatable bonds is 5.